The zero-order chi connectivity index (χ0) is 35.9. The molecule has 7 N–H and O–H groups in total. The van der Waals surface area contributed by atoms with Crippen molar-refractivity contribution >= 4 is 86.9 Å². The molecule has 49 heavy (non-hydrogen) atoms. The molecule has 22 heteroatoms. The average molecular weight is 754 g/mol. The van der Waals surface area contributed by atoms with Crippen molar-refractivity contribution in [3.8, 4) is 11.5 Å². The van der Waals surface area contributed by atoms with Crippen LogP contribution in [0.5, 0.6) is 11.5 Å². The van der Waals surface area contributed by atoms with E-state index in [4.69, 9.17) is 5.26 Å². The van der Waals surface area contributed by atoms with E-state index in [0.29, 0.717) is 12.0 Å². The Morgan fingerprint density at radius 3 is 2.08 bits per heavy atom. The summed E-state index contributed by atoms with van der Waals surface area (Å²) in [5, 5.41) is 42.2. The van der Waals surface area contributed by atoms with Crippen LogP contribution in [0.1, 0.15) is 10.4 Å². The Kier molecular flexibility index (Phi) is 9.64. The molecule has 0 atom stereocenters. The monoisotopic (exact) mass is 753 g/mol. The summed E-state index contributed by atoms with van der Waals surface area (Å²) in [4.78, 5) is 10.3. The number of para-hydroxylation sites is 1. The number of fused-ring (bicyclic) bond motifs is 2. The maximum Gasteiger partial charge on any atom is 0.297 e. The molecule has 5 rings (SSSR count). The Hall–Kier alpha value is -4.75. The van der Waals surface area contributed by atoms with Crippen LogP contribution < -0.4 is 5.32 Å². The van der Waals surface area contributed by atoms with Crippen LogP contribution in [-0.2, 0) is 39.7 Å². The van der Waals surface area contributed by atoms with Crippen LogP contribution >= 0.6 is 12.0 Å². The molecule has 0 spiro atoms. The Morgan fingerprint density at radius 2 is 1.45 bits per heavy atom. The highest BCUT2D eigenvalue weighted by molar-refractivity contribution is 7.94. The number of rotatable bonds is 10. The Balaban J connectivity index is 1.77. The van der Waals surface area contributed by atoms with E-state index in [1.165, 1.54) is 36.4 Å². The molecule has 0 fully saturated rings. The predicted molar refractivity (Wildman–Crippen MR) is 170 cm³/mol. The molecule has 0 unspecified atom stereocenters. The van der Waals surface area contributed by atoms with Gasteiger partial charge in [-0.25, -0.2) is 5.26 Å². The second-order valence-electron chi connectivity index (χ2n) is 9.73. The fraction of sp³-hybridized carbons (Fsp3) is 0. The molecule has 0 aliphatic rings. The molecule has 5 aromatic rings. The lowest BCUT2D eigenvalue weighted by molar-refractivity contribution is -0.432. The van der Waals surface area contributed by atoms with E-state index in [1.54, 1.807) is 0 Å². The number of nitrogens with one attached hydrogen (secondary N) is 1. The summed E-state index contributed by atoms with van der Waals surface area (Å²) in [7, 11) is -15.4. The first-order chi connectivity index (χ1) is 22.9. The molecule has 5 aromatic carbocycles. The number of phenolic OH excluding ortho intramolecular Hbond substituents is 2. The highest BCUT2D eigenvalue weighted by Gasteiger charge is 2.27. The number of carbonyl (C=O) groups is 1. The molecule has 0 saturated carbocycles. The molecule has 0 aliphatic heterocycles. The third-order valence-electron chi connectivity index (χ3n) is 6.70. The van der Waals surface area contributed by atoms with Gasteiger partial charge < -0.3 is 15.5 Å². The van der Waals surface area contributed by atoms with E-state index in [0.717, 1.165) is 36.4 Å². The molecule has 0 radical (unpaired) electrons. The third kappa shape index (κ3) is 7.32. The number of benzene rings is 5. The number of phenols is 2. The van der Waals surface area contributed by atoms with Crippen LogP contribution in [0.15, 0.2) is 103 Å². The SMILES string of the molecule is O=C(Nc1cc(SOOO)cc2cc(S(=O)(=O)O)c(/N=N/c3ccc4c(S(=O)(=O)O)cccc4c3S(=O)(=O)O)c(O)c12)c1ccccc1O. The van der Waals surface area contributed by atoms with E-state index >= 15 is 0 Å². The van der Waals surface area contributed by atoms with Crippen molar-refractivity contribution in [2.75, 3.05) is 5.32 Å². The molecule has 18 nitrogen and oxygen atoms in total. The van der Waals surface area contributed by atoms with Gasteiger partial charge in [0.15, 0.2) is 5.75 Å². The summed E-state index contributed by atoms with van der Waals surface area (Å²) in [6, 6.07) is 13.5. The van der Waals surface area contributed by atoms with E-state index in [1.807, 2.05) is 0 Å². The van der Waals surface area contributed by atoms with Crippen LogP contribution in [0.3, 0.4) is 0 Å². The maximum atomic E-state index is 13.1. The van der Waals surface area contributed by atoms with Gasteiger partial charge in [0.05, 0.1) is 23.3 Å². The van der Waals surface area contributed by atoms with E-state index in [2.05, 4.69) is 24.9 Å². The van der Waals surface area contributed by atoms with Crippen molar-refractivity contribution in [3.05, 3.63) is 78.4 Å². The largest absolute Gasteiger partial charge is 0.507 e. The Labute approximate surface area is 279 Å². The number of hydrogen-bond donors (Lipinski definition) is 7. The fourth-order valence-corrected chi connectivity index (χ4v) is 7.42. The van der Waals surface area contributed by atoms with Crippen molar-refractivity contribution < 1.29 is 68.5 Å². The maximum absolute atomic E-state index is 13.1. The van der Waals surface area contributed by atoms with Gasteiger partial charge in [-0.1, -0.05) is 35.4 Å². The smallest absolute Gasteiger partial charge is 0.297 e. The number of amides is 1. The van der Waals surface area contributed by atoms with Crippen molar-refractivity contribution in [3.63, 3.8) is 0 Å². The number of hydrogen-bond acceptors (Lipinski definition) is 15. The van der Waals surface area contributed by atoms with E-state index < -0.39 is 79.2 Å². The van der Waals surface area contributed by atoms with Crippen molar-refractivity contribution in [2.45, 2.75) is 19.6 Å². The number of aromatic hydroxyl groups is 2. The van der Waals surface area contributed by atoms with Gasteiger partial charge >= 0.3 is 0 Å². The van der Waals surface area contributed by atoms with Crippen molar-refractivity contribution in [1.29, 1.82) is 0 Å². The predicted octanol–water partition coefficient (Wildman–Crippen LogP) is 5.24. The highest BCUT2D eigenvalue weighted by atomic mass is 32.2. The molecule has 256 valence electrons. The minimum Gasteiger partial charge on any atom is -0.507 e. The molecule has 0 bridgehead atoms. The fourth-order valence-electron chi connectivity index (χ4n) is 4.78. The lowest BCUT2D eigenvalue weighted by atomic mass is 10.1. The second kappa shape index (κ2) is 13.3. The molecule has 0 saturated heterocycles. The quantitative estimate of drug-likeness (QED) is 0.0315. The van der Waals surface area contributed by atoms with Crippen LogP contribution in [0.4, 0.5) is 17.1 Å². The minimum absolute atomic E-state index is 0.0300. The number of anilines is 1. The lowest BCUT2D eigenvalue weighted by Gasteiger charge is -2.15. The summed E-state index contributed by atoms with van der Waals surface area (Å²) < 4.78 is 108. The first-order valence-electron chi connectivity index (χ1n) is 12.9. The van der Waals surface area contributed by atoms with Crippen LogP contribution in [-0.4, -0.2) is 60.3 Å². The lowest BCUT2D eigenvalue weighted by Crippen LogP contribution is -2.12. The van der Waals surface area contributed by atoms with Gasteiger partial charge in [-0.15, -0.1) is 14.6 Å². The van der Waals surface area contributed by atoms with Crippen molar-refractivity contribution in [2.24, 2.45) is 10.2 Å². The topological polar surface area (TPSA) is 296 Å². The van der Waals surface area contributed by atoms with E-state index in [-0.39, 0.29) is 32.3 Å². The summed E-state index contributed by atoms with van der Waals surface area (Å²) in [6.07, 6.45) is 0. The van der Waals surface area contributed by atoms with Crippen molar-refractivity contribution in [1.82, 2.24) is 0 Å². The highest BCUT2D eigenvalue weighted by Crippen LogP contribution is 2.46. The molecule has 1 amide bonds. The molecule has 0 aliphatic carbocycles. The Bertz CT molecular complexity index is 2540. The van der Waals surface area contributed by atoms with Gasteiger partial charge in [-0.3, -0.25) is 18.5 Å². The third-order valence-corrected chi connectivity index (χ3v) is 9.98. The average Bonchev–Trinajstić information content (AvgIpc) is 3.01. The van der Waals surface area contributed by atoms with Gasteiger partial charge in [-0.05, 0) is 47.9 Å². The first kappa shape index (κ1) is 35.6. The molecular weight excluding hydrogens is 735 g/mol. The van der Waals surface area contributed by atoms with E-state index in [9.17, 15) is 53.9 Å². The first-order valence-corrected chi connectivity index (χ1v) is 18.0. The van der Waals surface area contributed by atoms with Crippen LogP contribution in [0, 0.1) is 0 Å². The summed E-state index contributed by atoms with van der Waals surface area (Å²) in [5.41, 5.74) is -2.18. The van der Waals surface area contributed by atoms with Crippen LogP contribution in [0.2, 0.25) is 0 Å². The normalized spacial score (nSPS) is 12.6. The zero-order valence-electron chi connectivity index (χ0n) is 23.8. The van der Waals surface area contributed by atoms with Gasteiger partial charge in [0, 0.05) is 21.1 Å². The number of carbonyl (C=O) groups excluding carboxylic acids is 1. The number of nitrogens with zero attached hydrogens (tertiary/aromatic N) is 2. The van der Waals surface area contributed by atoms with Gasteiger partial charge in [0.2, 0.25) is 0 Å². The van der Waals surface area contributed by atoms with Crippen LogP contribution in [0.25, 0.3) is 21.5 Å². The zero-order valence-corrected chi connectivity index (χ0v) is 27.1. The van der Waals surface area contributed by atoms with Gasteiger partial charge in [0.25, 0.3) is 36.3 Å². The number of azo groups is 1. The van der Waals surface area contributed by atoms with Gasteiger partial charge in [0.1, 0.15) is 31.8 Å². The standard InChI is InChI=1S/C27H19N3O15S4/c31-20-6-2-1-4-17(20)27(33)28-19-12-14(46-45-44-34)10-13-11-22(48(38,39)40)24(25(32)23(13)19)30-29-18-9-8-15-16(26(18)49(41,42)43)5-3-7-21(15)47(35,36)37/h1-12,31-32,34H,(H,28,33)(H,35,36,37)(H,38,39,40)(H,41,42,43)/b30-29+. The molecular formula is C27H19N3O15S4. The minimum atomic E-state index is -5.26. The molecule has 0 aromatic heterocycles. The molecule has 0 heterocycles. The summed E-state index contributed by atoms with van der Waals surface area (Å²) >= 11 is 0.371. The summed E-state index contributed by atoms with van der Waals surface area (Å²) in [6.45, 7) is 0. The Morgan fingerprint density at radius 1 is 0.755 bits per heavy atom. The van der Waals surface area contributed by atoms with Gasteiger partial charge in [-0.2, -0.15) is 25.3 Å². The summed E-state index contributed by atoms with van der Waals surface area (Å²) in [5.74, 6) is -2.38. The second-order valence-corrected chi connectivity index (χ2v) is 14.6.